The van der Waals surface area contributed by atoms with Gasteiger partial charge in [0.25, 0.3) is 11.5 Å². The van der Waals surface area contributed by atoms with Gasteiger partial charge in [-0.25, -0.2) is 9.97 Å². The summed E-state index contributed by atoms with van der Waals surface area (Å²) in [5, 5.41) is 2.97. The molecule has 0 bridgehead atoms. The van der Waals surface area contributed by atoms with Crippen LogP contribution in [0.4, 0.5) is 0 Å². The van der Waals surface area contributed by atoms with E-state index in [2.05, 4.69) is 15.3 Å². The van der Waals surface area contributed by atoms with Crippen LogP contribution in [0.3, 0.4) is 0 Å². The highest BCUT2D eigenvalue weighted by atomic mass is 16.5. The summed E-state index contributed by atoms with van der Waals surface area (Å²) in [6, 6.07) is 9.05. The standard InChI is InChI=1S/C21H20N4O3/c1-28-18-7-3-2-5-14(18)12-24-21(27)20-16(15-10-22-13-23-11-15)9-19(26)25-8-4-6-17(20)25/h2-3,5,7,9-11,13H,4,6,8,12H2,1H3,(H,24,27). The summed E-state index contributed by atoms with van der Waals surface area (Å²) in [5.41, 5.74) is 3.28. The van der Waals surface area contributed by atoms with E-state index in [4.69, 9.17) is 4.74 Å². The Kier molecular flexibility index (Phi) is 4.89. The molecule has 0 spiro atoms. The van der Waals surface area contributed by atoms with Gasteiger partial charge in [0.2, 0.25) is 0 Å². The molecule has 1 aromatic carbocycles. The molecule has 1 N–H and O–H groups in total. The lowest BCUT2D eigenvalue weighted by Crippen LogP contribution is -2.29. The quantitative estimate of drug-likeness (QED) is 0.738. The summed E-state index contributed by atoms with van der Waals surface area (Å²) in [5.74, 6) is 0.490. The summed E-state index contributed by atoms with van der Waals surface area (Å²) in [6.45, 7) is 0.957. The van der Waals surface area contributed by atoms with Crippen LogP contribution in [-0.4, -0.2) is 27.6 Å². The van der Waals surface area contributed by atoms with E-state index in [0.717, 1.165) is 17.7 Å². The molecule has 7 heteroatoms. The molecular weight excluding hydrogens is 356 g/mol. The number of nitrogens with zero attached hydrogens (tertiary/aromatic N) is 3. The maximum absolute atomic E-state index is 13.2. The Balaban J connectivity index is 1.73. The van der Waals surface area contributed by atoms with Gasteiger partial charge in [-0.1, -0.05) is 18.2 Å². The Hall–Kier alpha value is -3.48. The average Bonchev–Trinajstić information content (AvgIpc) is 3.23. The lowest BCUT2D eigenvalue weighted by atomic mass is 9.99. The molecule has 0 atom stereocenters. The second-order valence-electron chi connectivity index (χ2n) is 6.59. The van der Waals surface area contributed by atoms with Gasteiger partial charge in [0, 0.05) is 53.9 Å². The van der Waals surface area contributed by atoms with Crippen molar-refractivity contribution in [2.75, 3.05) is 7.11 Å². The first-order chi connectivity index (χ1) is 13.7. The molecule has 3 aromatic rings. The molecule has 142 valence electrons. The number of amides is 1. The number of rotatable bonds is 5. The Morgan fingerprint density at radius 2 is 2.04 bits per heavy atom. The van der Waals surface area contributed by atoms with Gasteiger partial charge in [-0.2, -0.15) is 0 Å². The Bertz CT molecular complexity index is 1080. The monoisotopic (exact) mass is 376 g/mol. The van der Waals surface area contributed by atoms with Crippen LogP contribution in [0.2, 0.25) is 0 Å². The summed E-state index contributed by atoms with van der Waals surface area (Å²) < 4.78 is 7.04. The summed E-state index contributed by atoms with van der Waals surface area (Å²) in [6.07, 6.45) is 6.19. The number of ether oxygens (including phenoxy) is 1. The number of methoxy groups -OCH3 is 1. The molecule has 1 amide bonds. The van der Waals surface area contributed by atoms with Gasteiger partial charge in [0.1, 0.15) is 12.1 Å². The highest BCUT2D eigenvalue weighted by Crippen LogP contribution is 2.27. The normalized spacial score (nSPS) is 12.5. The van der Waals surface area contributed by atoms with Gasteiger partial charge >= 0.3 is 0 Å². The lowest BCUT2D eigenvalue weighted by molar-refractivity contribution is 0.0949. The predicted molar refractivity (Wildman–Crippen MR) is 104 cm³/mol. The van der Waals surface area contributed by atoms with E-state index in [9.17, 15) is 9.59 Å². The zero-order chi connectivity index (χ0) is 19.5. The minimum Gasteiger partial charge on any atom is -0.496 e. The van der Waals surface area contributed by atoms with Crippen LogP contribution in [0.5, 0.6) is 5.75 Å². The SMILES string of the molecule is COc1ccccc1CNC(=O)c1c(-c2cncnc2)cc(=O)n2c1CCC2. The van der Waals surface area contributed by atoms with Crippen LogP contribution in [-0.2, 0) is 19.5 Å². The number of carbonyl (C=O) groups is 1. The van der Waals surface area contributed by atoms with Crippen LogP contribution in [0.1, 0.15) is 28.0 Å². The zero-order valence-electron chi connectivity index (χ0n) is 15.5. The number of hydrogen-bond donors (Lipinski definition) is 1. The minimum absolute atomic E-state index is 0.104. The van der Waals surface area contributed by atoms with Gasteiger partial charge in [-0.15, -0.1) is 0 Å². The second kappa shape index (κ2) is 7.64. The summed E-state index contributed by atoms with van der Waals surface area (Å²) in [7, 11) is 1.60. The van der Waals surface area contributed by atoms with Crippen molar-refractivity contribution >= 4 is 5.91 Å². The van der Waals surface area contributed by atoms with E-state index < -0.39 is 0 Å². The Morgan fingerprint density at radius 1 is 1.25 bits per heavy atom. The molecule has 0 aliphatic carbocycles. The van der Waals surface area contributed by atoms with E-state index in [1.54, 1.807) is 24.1 Å². The molecule has 0 radical (unpaired) electrons. The molecule has 4 rings (SSSR count). The third kappa shape index (κ3) is 3.26. The number of pyridine rings is 1. The second-order valence-corrected chi connectivity index (χ2v) is 6.59. The van der Waals surface area contributed by atoms with E-state index >= 15 is 0 Å². The van der Waals surface area contributed by atoms with Gasteiger partial charge in [-0.3, -0.25) is 9.59 Å². The number of nitrogens with one attached hydrogen (secondary N) is 1. The molecule has 1 aliphatic rings. The molecule has 2 aromatic heterocycles. The molecule has 7 nitrogen and oxygen atoms in total. The van der Waals surface area contributed by atoms with Crippen LogP contribution in [0, 0.1) is 0 Å². The first kappa shape index (κ1) is 17.9. The van der Waals surface area contributed by atoms with Crippen molar-refractivity contribution in [3.05, 3.63) is 76.2 Å². The topological polar surface area (TPSA) is 86.1 Å². The molecule has 0 unspecified atom stereocenters. The first-order valence-corrected chi connectivity index (χ1v) is 9.11. The molecule has 28 heavy (non-hydrogen) atoms. The van der Waals surface area contributed by atoms with Gasteiger partial charge in [-0.05, 0) is 18.9 Å². The largest absolute Gasteiger partial charge is 0.496 e. The maximum atomic E-state index is 13.2. The molecule has 1 aliphatic heterocycles. The Labute approximate surface area is 162 Å². The van der Waals surface area contributed by atoms with Gasteiger partial charge in [0.05, 0.1) is 12.7 Å². The van der Waals surface area contributed by atoms with Crippen molar-refractivity contribution in [3.8, 4) is 16.9 Å². The minimum atomic E-state index is -0.226. The smallest absolute Gasteiger partial charge is 0.253 e. The number of hydrogen-bond acceptors (Lipinski definition) is 5. The summed E-state index contributed by atoms with van der Waals surface area (Å²) in [4.78, 5) is 33.8. The summed E-state index contributed by atoms with van der Waals surface area (Å²) >= 11 is 0. The third-order valence-corrected chi connectivity index (χ3v) is 4.94. The molecule has 0 fully saturated rings. The van der Waals surface area contributed by atoms with Crippen LogP contribution >= 0.6 is 0 Å². The Morgan fingerprint density at radius 3 is 2.82 bits per heavy atom. The van der Waals surface area contributed by atoms with Crippen molar-refractivity contribution in [2.45, 2.75) is 25.9 Å². The molecule has 0 saturated heterocycles. The van der Waals surface area contributed by atoms with Crippen molar-refractivity contribution in [1.29, 1.82) is 0 Å². The lowest BCUT2D eigenvalue weighted by Gasteiger charge is -2.16. The average molecular weight is 376 g/mol. The van der Waals surface area contributed by atoms with E-state index in [-0.39, 0.29) is 11.5 Å². The fraction of sp³-hybridized carbons (Fsp3) is 0.238. The predicted octanol–water partition coefficient (Wildman–Crippen LogP) is 2.19. The molecule has 0 saturated carbocycles. The van der Waals surface area contributed by atoms with E-state index in [1.165, 1.54) is 12.4 Å². The van der Waals surface area contributed by atoms with Gasteiger partial charge in [0.15, 0.2) is 0 Å². The van der Waals surface area contributed by atoms with Crippen molar-refractivity contribution in [2.24, 2.45) is 0 Å². The van der Waals surface area contributed by atoms with E-state index in [0.29, 0.717) is 42.0 Å². The maximum Gasteiger partial charge on any atom is 0.253 e. The highest BCUT2D eigenvalue weighted by molar-refractivity contribution is 6.01. The number of para-hydroxylation sites is 1. The third-order valence-electron chi connectivity index (χ3n) is 4.94. The molecule has 3 heterocycles. The zero-order valence-corrected chi connectivity index (χ0v) is 15.5. The van der Waals surface area contributed by atoms with Crippen molar-refractivity contribution in [3.63, 3.8) is 0 Å². The fourth-order valence-electron chi connectivity index (χ4n) is 3.64. The first-order valence-electron chi connectivity index (χ1n) is 9.11. The van der Waals surface area contributed by atoms with Crippen LogP contribution < -0.4 is 15.6 Å². The van der Waals surface area contributed by atoms with Crippen LogP contribution in [0.15, 0.2) is 53.8 Å². The number of aromatic nitrogens is 3. The highest BCUT2D eigenvalue weighted by Gasteiger charge is 2.25. The van der Waals surface area contributed by atoms with E-state index in [1.807, 2.05) is 24.3 Å². The molecular formula is C21H20N4O3. The fourth-order valence-corrected chi connectivity index (χ4v) is 3.64. The van der Waals surface area contributed by atoms with Gasteiger partial charge < -0.3 is 14.6 Å². The number of benzene rings is 1. The van der Waals surface area contributed by atoms with Crippen LogP contribution in [0.25, 0.3) is 11.1 Å². The van der Waals surface area contributed by atoms with Crippen molar-refractivity contribution < 1.29 is 9.53 Å². The number of carbonyl (C=O) groups excluding carboxylic acids is 1. The number of fused-ring (bicyclic) bond motifs is 1. The van der Waals surface area contributed by atoms with Crippen molar-refractivity contribution in [1.82, 2.24) is 19.9 Å².